The second kappa shape index (κ2) is 11.2. The maximum Gasteiger partial charge on any atom is 0.311 e. The predicted octanol–water partition coefficient (Wildman–Crippen LogP) is 3.77. The van der Waals surface area contributed by atoms with Crippen LogP contribution in [0, 0.1) is 10.1 Å². The quantitative estimate of drug-likeness (QED) is 0.245. The number of fused-ring (bicyclic) bond motifs is 1. The number of hydrogen-bond donors (Lipinski definition) is 0. The van der Waals surface area contributed by atoms with Gasteiger partial charge >= 0.3 is 5.69 Å². The third kappa shape index (κ3) is 5.46. The Morgan fingerprint density at radius 2 is 1.84 bits per heavy atom. The maximum atomic E-state index is 11.9. The lowest BCUT2D eigenvalue weighted by atomic mass is 10.1. The number of nitrogens with zero attached hydrogens (tertiary/aromatic N) is 6. The van der Waals surface area contributed by atoms with Crippen molar-refractivity contribution in [3.8, 4) is 22.8 Å². The van der Waals surface area contributed by atoms with Crippen LogP contribution in [0.5, 0.6) is 11.5 Å². The summed E-state index contributed by atoms with van der Waals surface area (Å²) in [6.07, 6.45) is 4.05. The Bertz CT molecular complexity index is 1440. The number of aryl methyl sites for hydroxylation is 1. The zero-order valence-corrected chi connectivity index (χ0v) is 22.0. The van der Waals surface area contributed by atoms with Crippen LogP contribution < -0.4 is 9.47 Å². The molecule has 1 aliphatic heterocycles. The maximum absolute atomic E-state index is 11.9. The molecule has 1 aliphatic rings. The van der Waals surface area contributed by atoms with Crippen molar-refractivity contribution < 1.29 is 14.4 Å². The van der Waals surface area contributed by atoms with E-state index in [0.29, 0.717) is 30.3 Å². The molecule has 0 aliphatic carbocycles. The number of nitro benzene ring substituents is 1. The van der Waals surface area contributed by atoms with Gasteiger partial charge in [0, 0.05) is 92.7 Å². The Morgan fingerprint density at radius 3 is 2.61 bits per heavy atom. The normalized spacial score (nSPS) is 14.6. The summed E-state index contributed by atoms with van der Waals surface area (Å²) in [7, 11) is 5.66. The highest BCUT2D eigenvalue weighted by Crippen LogP contribution is 2.36. The minimum Gasteiger partial charge on any atom is -0.496 e. The largest absolute Gasteiger partial charge is 0.496 e. The van der Waals surface area contributed by atoms with Crippen LogP contribution in [0.25, 0.3) is 22.2 Å². The Morgan fingerprint density at radius 1 is 1.05 bits per heavy atom. The first-order valence-corrected chi connectivity index (χ1v) is 12.7. The molecule has 0 unspecified atom stereocenters. The van der Waals surface area contributed by atoms with Crippen LogP contribution in [0.3, 0.4) is 0 Å². The predicted molar refractivity (Wildman–Crippen MR) is 146 cm³/mol. The molecule has 3 heterocycles. The van der Waals surface area contributed by atoms with E-state index in [2.05, 4.69) is 44.7 Å². The van der Waals surface area contributed by atoms with Crippen molar-refractivity contribution >= 4 is 16.6 Å². The molecule has 0 saturated carbocycles. The summed E-state index contributed by atoms with van der Waals surface area (Å²) in [6, 6.07) is 13.1. The molecule has 10 nitrogen and oxygen atoms in total. The fraction of sp³-hybridized carbons (Fsp3) is 0.357. The van der Waals surface area contributed by atoms with E-state index >= 15 is 0 Å². The molecule has 1 saturated heterocycles. The Kier molecular flexibility index (Phi) is 7.52. The van der Waals surface area contributed by atoms with Crippen molar-refractivity contribution in [2.75, 3.05) is 53.5 Å². The molecule has 198 valence electrons. The number of rotatable bonds is 9. The first-order valence-electron chi connectivity index (χ1n) is 12.7. The van der Waals surface area contributed by atoms with Gasteiger partial charge in [0.25, 0.3) is 0 Å². The second-order valence-electron chi connectivity index (χ2n) is 9.59. The summed E-state index contributed by atoms with van der Waals surface area (Å²) in [5, 5.41) is 13.0. The summed E-state index contributed by atoms with van der Waals surface area (Å²) in [5.74, 6) is 1.26. The summed E-state index contributed by atoms with van der Waals surface area (Å²) in [6.45, 7) is 5.01. The van der Waals surface area contributed by atoms with E-state index in [1.165, 1.54) is 6.07 Å². The van der Waals surface area contributed by atoms with E-state index < -0.39 is 4.92 Å². The first-order chi connectivity index (χ1) is 18.4. The smallest absolute Gasteiger partial charge is 0.311 e. The minimum atomic E-state index is -0.415. The van der Waals surface area contributed by atoms with Gasteiger partial charge in [-0.05, 0) is 19.2 Å². The zero-order chi connectivity index (χ0) is 26.6. The van der Waals surface area contributed by atoms with E-state index in [4.69, 9.17) is 14.5 Å². The highest BCUT2D eigenvalue weighted by atomic mass is 16.6. The molecule has 0 amide bonds. The van der Waals surface area contributed by atoms with Crippen LogP contribution in [0.15, 0.2) is 54.9 Å². The number of para-hydroxylation sites is 1. The van der Waals surface area contributed by atoms with Gasteiger partial charge in [-0.2, -0.15) is 0 Å². The van der Waals surface area contributed by atoms with Crippen molar-refractivity contribution in [1.29, 1.82) is 0 Å². The molecule has 0 radical (unpaired) electrons. The van der Waals surface area contributed by atoms with Gasteiger partial charge in [0.15, 0.2) is 0 Å². The molecule has 1 fully saturated rings. The topological polar surface area (TPSA) is 98.8 Å². The van der Waals surface area contributed by atoms with Gasteiger partial charge in [0.05, 0.1) is 17.7 Å². The molecule has 0 spiro atoms. The molecular formula is C28H32N6O4. The third-order valence-corrected chi connectivity index (χ3v) is 7.05. The highest BCUT2D eigenvalue weighted by Gasteiger charge is 2.22. The molecule has 0 N–H and O–H groups in total. The van der Waals surface area contributed by atoms with Crippen molar-refractivity contribution in [3.63, 3.8) is 0 Å². The van der Waals surface area contributed by atoms with Gasteiger partial charge in [-0.25, -0.2) is 9.97 Å². The lowest BCUT2D eigenvalue weighted by Crippen LogP contribution is -2.45. The van der Waals surface area contributed by atoms with Crippen LogP contribution in [-0.2, 0) is 13.5 Å². The highest BCUT2D eigenvalue weighted by molar-refractivity contribution is 5.95. The minimum absolute atomic E-state index is 0.0932. The molecule has 4 aromatic rings. The summed E-state index contributed by atoms with van der Waals surface area (Å²) >= 11 is 0. The number of likely N-dealkylation sites (N-methyl/N-ethyl adjacent to an activating group) is 1. The average Bonchev–Trinajstić information content (AvgIpc) is 3.27. The van der Waals surface area contributed by atoms with Crippen LogP contribution >= 0.6 is 0 Å². The van der Waals surface area contributed by atoms with Crippen LogP contribution in [0.1, 0.15) is 11.4 Å². The molecule has 2 aromatic heterocycles. The van der Waals surface area contributed by atoms with Gasteiger partial charge in [-0.15, -0.1) is 0 Å². The molecule has 0 atom stereocenters. The monoisotopic (exact) mass is 516 g/mol. The number of hydrogen-bond acceptors (Lipinski definition) is 8. The van der Waals surface area contributed by atoms with Gasteiger partial charge in [0.1, 0.15) is 18.2 Å². The summed E-state index contributed by atoms with van der Waals surface area (Å²) in [4.78, 5) is 25.3. The molecular weight excluding hydrogens is 484 g/mol. The van der Waals surface area contributed by atoms with Gasteiger partial charge in [-0.3, -0.25) is 15.0 Å². The van der Waals surface area contributed by atoms with E-state index in [1.54, 1.807) is 19.4 Å². The lowest BCUT2D eigenvalue weighted by molar-refractivity contribution is -0.385. The fourth-order valence-electron chi connectivity index (χ4n) is 4.89. The number of benzene rings is 2. The van der Waals surface area contributed by atoms with Gasteiger partial charge in [-0.1, -0.05) is 18.2 Å². The Balaban J connectivity index is 1.37. The standard InChI is InChI=1S/C28H32N6O4/c1-31-10-12-33(13-11-31)14-15-38-27-18-26(37-3)20(16-25(27)34(35)36)17-28-29-9-8-23(30-28)22-19-32(2)24-7-5-4-6-21(22)24/h4-9,16,18-19H,10-15,17H2,1-3H3. The molecule has 0 bridgehead atoms. The number of methoxy groups -OCH3 is 1. The van der Waals surface area contributed by atoms with Crippen LogP contribution in [-0.4, -0.2) is 82.7 Å². The zero-order valence-electron chi connectivity index (χ0n) is 22.0. The number of aromatic nitrogens is 3. The SMILES string of the molecule is COc1cc(OCCN2CCN(C)CC2)c([N+](=O)[O-])cc1Cc1nccc(-c2cn(C)c3ccccc23)n1. The molecule has 2 aromatic carbocycles. The summed E-state index contributed by atoms with van der Waals surface area (Å²) in [5.41, 5.74) is 3.45. The third-order valence-electron chi connectivity index (χ3n) is 7.05. The van der Waals surface area contributed by atoms with Crippen molar-refractivity contribution in [1.82, 2.24) is 24.3 Å². The van der Waals surface area contributed by atoms with E-state index in [1.807, 2.05) is 25.2 Å². The van der Waals surface area contributed by atoms with Crippen molar-refractivity contribution in [2.24, 2.45) is 7.05 Å². The number of piperazine rings is 1. The first kappa shape index (κ1) is 25.6. The van der Waals surface area contributed by atoms with Gasteiger partial charge in [0.2, 0.25) is 5.75 Å². The average molecular weight is 517 g/mol. The van der Waals surface area contributed by atoms with E-state index in [9.17, 15) is 10.1 Å². The number of ether oxygens (including phenoxy) is 2. The fourth-order valence-corrected chi connectivity index (χ4v) is 4.89. The second-order valence-corrected chi connectivity index (χ2v) is 9.59. The van der Waals surface area contributed by atoms with Crippen molar-refractivity contribution in [2.45, 2.75) is 6.42 Å². The van der Waals surface area contributed by atoms with E-state index in [-0.39, 0.29) is 17.9 Å². The molecule has 10 heteroatoms. The Hall–Kier alpha value is -4.02. The molecule has 5 rings (SSSR count). The number of nitro groups is 1. The lowest BCUT2D eigenvalue weighted by Gasteiger charge is -2.32. The Labute approximate surface area is 221 Å². The van der Waals surface area contributed by atoms with Crippen molar-refractivity contribution in [3.05, 3.63) is 76.4 Å². The van der Waals surface area contributed by atoms with Gasteiger partial charge < -0.3 is 18.9 Å². The van der Waals surface area contributed by atoms with E-state index in [0.717, 1.165) is 48.3 Å². The van der Waals surface area contributed by atoms with Crippen LogP contribution in [0.4, 0.5) is 5.69 Å². The molecule has 38 heavy (non-hydrogen) atoms. The summed E-state index contributed by atoms with van der Waals surface area (Å²) < 4.78 is 13.6. The van der Waals surface area contributed by atoms with Crippen LogP contribution in [0.2, 0.25) is 0 Å².